The molecule has 2 saturated heterocycles. The van der Waals surface area contributed by atoms with Crippen LogP contribution in [0.25, 0.3) is 0 Å². The third-order valence-electron chi connectivity index (χ3n) is 6.32. The minimum absolute atomic E-state index is 0.286. The number of nitrogens with zero attached hydrogens (tertiary/aromatic N) is 2. The summed E-state index contributed by atoms with van der Waals surface area (Å²) >= 11 is 0. The van der Waals surface area contributed by atoms with Crippen LogP contribution in [0.15, 0.2) is 0 Å². The lowest BCUT2D eigenvalue weighted by molar-refractivity contribution is 0.0561. The van der Waals surface area contributed by atoms with E-state index in [9.17, 15) is 0 Å². The molecule has 2 N–H and O–H groups in total. The summed E-state index contributed by atoms with van der Waals surface area (Å²) in [6.07, 6.45) is 9.96. The van der Waals surface area contributed by atoms with Crippen LogP contribution in [0.4, 0.5) is 0 Å². The van der Waals surface area contributed by atoms with E-state index in [1.54, 1.807) is 0 Å². The predicted molar refractivity (Wildman–Crippen MR) is 84.8 cm³/mol. The van der Waals surface area contributed by atoms with E-state index in [2.05, 4.69) is 23.6 Å². The molecular weight excluding hydrogens is 246 g/mol. The lowest BCUT2D eigenvalue weighted by atomic mass is 9.89. The molecule has 0 spiro atoms. The molecule has 0 aromatic rings. The topological polar surface area (TPSA) is 32.5 Å². The maximum atomic E-state index is 6.30. The van der Waals surface area contributed by atoms with Crippen molar-refractivity contribution < 1.29 is 0 Å². The van der Waals surface area contributed by atoms with Crippen LogP contribution in [0.2, 0.25) is 0 Å². The summed E-state index contributed by atoms with van der Waals surface area (Å²) < 4.78 is 0. The normalized spacial score (nSPS) is 37.5. The second-order valence-electron chi connectivity index (χ2n) is 7.69. The average molecular weight is 279 g/mol. The van der Waals surface area contributed by atoms with E-state index >= 15 is 0 Å². The van der Waals surface area contributed by atoms with Crippen molar-refractivity contribution in [3.8, 4) is 0 Å². The smallest absolute Gasteiger partial charge is 0.0473 e. The van der Waals surface area contributed by atoms with Crippen molar-refractivity contribution in [2.24, 2.45) is 11.7 Å². The minimum atomic E-state index is 0.286. The number of hydrogen-bond acceptors (Lipinski definition) is 3. The summed E-state index contributed by atoms with van der Waals surface area (Å²) in [5.41, 5.74) is 6.59. The molecule has 1 saturated carbocycles. The molecule has 0 amide bonds. The fourth-order valence-electron chi connectivity index (χ4n) is 5.06. The Labute approximate surface area is 124 Å². The Kier molecular flexibility index (Phi) is 4.40. The van der Waals surface area contributed by atoms with E-state index in [-0.39, 0.29) is 5.54 Å². The van der Waals surface area contributed by atoms with E-state index in [0.717, 1.165) is 18.5 Å². The Morgan fingerprint density at radius 3 is 2.45 bits per heavy atom. The van der Waals surface area contributed by atoms with Gasteiger partial charge in [0, 0.05) is 37.3 Å². The standard InChI is InChI=1S/C17H33N3/c1-14(2)19-11-9-17(12-18,13-19)20-10-5-8-16(20)15-6-3-4-7-15/h14-16H,3-13,18H2,1-2H3. The average Bonchev–Trinajstić information content (AvgIpc) is 3.17. The Hall–Kier alpha value is -0.120. The molecule has 3 fully saturated rings. The van der Waals surface area contributed by atoms with Crippen LogP contribution in [0.3, 0.4) is 0 Å². The van der Waals surface area contributed by atoms with Crippen molar-refractivity contribution in [1.29, 1.82) is 0 Å². The maximum Gasteiger partial charge on any atom is 0.0473 e. The predicted octanol–water partition coefficient (Wildman–Crippen LogP) is 2.45. The number of likely N-dealkylation sites (tertiary alicyclic amines) is 2. The van der Waals surface area contributed by atoms with Crippen molar-refractivity contribution in [2.45, 2.75) is 76.4 Å². The first-order valence-corrected chi connectivity index (χ1v) is 8.87. The highest BCUT2D eigenvalue weighted by atomic mass is 15.3. The summed E-state index contributed by atoms with van der Waals surface area (Å²) in [7, 11) is 0. The third kappa shape index (κ3) is 2.53. The van der Waals surface area contributed by atoms with Crippen LogP contribution in [0.5, 0.6) is 0 Å². The van der Waals surface area contributed by atoms with Gasteiger partial charge in [-0.25, -0.2) is 0 Å². The lowest BCUT2D eigenvalue weighted by Crippen LogP contribution is -2.58. The Morgan fingerprint density at radius 2 is 1.85 bits per heavy atom. The Morgan fingerprint density at radius 1 is 1.10 bits per heavy atom. The van der Waals surface area contributed by atoms with Crippen molar-refractivity contribution in [3.63, 3.8) is 0 Å². The Bertz CT molecular complexity index is 324. The molecule has 0 aromatic heterocycles. The van der Waals surface area contributed by atoms with Crippen molar-refractivity contribution in [3.05, 3.63) is 0 Å². The molecule has 2 atom stereocenters. The maximum absolute atomic E-state index is 6.30. The summed E-state index contributed by atoms with van der Waals surface area (Å²) in [5.74, 6) is 0.967. The number of hydrogen-bond donors (Lipinski definition) is 1. The van der Waals surface area contributed by atoms with Gasteiger partial charge in [0.15, 0.2) is 0 Å². The summed E-state index contributed by atoms with van der Waals surface area (Å²) in [6.45, 7) is 9.23. The molecule has 2 unspecified atom stereocenters. The molecule has 0 aromatic carbocycles. The minimum Gasteiger partial charge on any atom is -0.329 e. The molecule has 3 nitrogen and oxygen atoms in total. The van der Waals surface area contributed by atoms with Crippen LogP contribution >= 0.6 is 0 Å². The van der Waals surface area contributed by atoms with Crippen molar-refractivity contribution in [2.75, 3.05) is 26.2 Å². The molecule has 2 heterocycles. The summed E-state index contributed by atoms with van der Waals surface area (Å²) in [4.78, 5) is 5.50. The number of nitrogens with two attached hydrogens (primary N) is 1. The third-order valence-corrected chi connectivity index (χ3v) is 6.32. The van der Waals surface area contributed by atoms with Gasteiger partial charge >= 0.3 is 0 Å². The second kappa shape index (κ2) is 5.94. The Balaban J connectivity index is 1.74. The zero-order chi connectivity index (χ0) is 14.2. The fraction of sp³-hybridized carbons (Fsp3) is 1.00. The van der Waals surface area contributed by atoms with Gasteiger partial charge in [0.1, 0.15) is 0 Å². The van der Waals surface area contributed by atoms with Gasteiger partial charge in [-0.3, -0.25) is 9.80 Å². The lowest BCUT2D eigenvalue weighted by Gasteiger charge is -2.44. The van der Waals surface area contributed by atoms with Crippen LogP contribution in [0, 0.1) is 5.92 Å². The van der Waals surface area contributed by atoms with Crippen LogP contribution < -0.4 is 5.73 Å². The first-order valence-electron chi connectivity index (χ1n) is 8.87. The molecule has 0 bridgehead atoms. The van der Waals surface area contributed by atoms with Crippen LogP contribution in [0.1, 0.15) is 58.8 Å². The van der Waals surface area contributed by atoms with E-state index in [1.807, 2.05) is 0 Å². The summed E-state index contributed by atoms with van der Waals surface area (Å²) in [5, 5.41) is 0. The SMILES string of the molecule is CC(C)N1CCC(CN)(N2CCCC2C2CCCC2)C1. The molecule has 3 rings (SSSR count). The molecular formula is C17H33N3. The monoisotopic (exact) mass is 279 g/mol. The van der Waals surface area contributed by atoms with E-state index in [0.29, 0.717) is 6.04 Å². The molecule has 1 aliphatic carbocycles. The second-order valence-corrected chi connectivity index (χ2v) is 7.69. The largest absolute Gasteiger partial charge is 0.329 e. The molecule has 20 heavy (non-hydrogen) atoms. The molecule has 0 radical (unpaired) electrons. The molecule has 3 heteroatoms. The van der Waals surface area contributed by atoms with E-state index in [4.69, 9.17) is 5.73 Å². The molecule has 3 aliphatic rings. The highest BCUT2D eigenvalue weighted by Crippen LogP contribution is 2.41. The van der Waals surface area contributed by atoms with Gasteiger partial charge in [-0.1, -0.05) is 12.8 Å². The van der Waals surface area contributed by atoms with Gasteiger partial charge in [-0.15, -0.1) is 0 Å². The first kappa shape index (κ1) is 14.8. The van der Waals surface area contributed by atoms with Gasteiger partial charge in [0.05, 0.1) is 0 Å². The number of rotatable bonds is 4. The van der Waals surface area contributed by atoms with Gasteiger partial charge in [0.2, 0.25) is 0 Å². The molecule has 2 aliphatic heterocycles. The van der Waals surface area contributed by atoms with Crippen molar-refractivity contribution >= 4 is 0 Å². The first-order chi connectivity index (χ1) is 9.66. The van der Waals surface area contributed by atoms with Gasteiger partial charge in [-0.05, 0) is 58.4 Å². The zero-order valence-electron chi connectivity index (χ0n) is 13.5. The highest BCUT2D eigenvalue weighted by molar-refractivity contribution is 5.05. The highest BCUT2D eigenvalue weighted by Gasteiger charge is 2.48. The quantitative estimate of drug-likeness (QED) is 0.858. The fourth-order valence-corrected chi connectivity index (χ4v) is 5.06. The van der Waals surface area contributed by atoms with Gasteiger partial charge in [0.25, 0.3) is 0 Å². The van der Waals surface area contributed by atoms with Crippen molar-refractivity contribution in [1.82, 2.24) is 9.80 Å². The van der Waals surface area contributed by atoms with Crippen LogP contribution in [-0.2, 0) is 0 Å². The molecule has 116 valence electrons. The zero-order valence-corrected chi connectivity index (χ0v) is 13.5. The van der Waals surface area contributed by atoms with E-state index < -0.39 is 0 Å². The van der Waals surface area contributed by atoms with Gasteiger partial charge in [-0.2, -0.15) is 0 Å². The van der Waals surface area contributed by atoms with E-state index in [1.165, 1.54) is 64.6 Å². The van der Waals surface area contributed by atoms with Crippen LogP contribution in [-0.4, -0.2) is 53.6 Å². The summed E-state index contributed by atoms with van der Waals surface area (Å²) in [6, 6.07) is 1.50. The van der Waals surface area contributed by atoms with Gasteiger partial charge < -0.3 is 5.73 Å².